The summed E-state index contributed by atoms with van der Waals surface area (Å²) in [6.45, 7) is 12.0. The summed E-state index contributed by atoms with van der Waals surface area (Å²) in [6, 6.07) is 0. The first-order chi connectivity index (χ1) is 8.13. The van der Waals surface area contributed by atoms with Crippen LogP contribution in [0, 0.1) is 10.1 Å². The van der Waals surface area contributed by atoms with Gasteiger partial charge in [-0.2, -0.15) is 5.10 Å². The first kappa shape index (κ1) is 14.8. The fraction of sp³-hybridized carbons (Fsp3) is 0.727. The predicted octanol–water partition coefficient (Wildman–Crippen LogP) is 2.81. The van der Waals surface area contributed by atoms with Crippen LogP contribution in [0.15, 0.2) is 12.4 Å². The molecule has 0 saturated heterocycles. The quantitative estimate of drug-likeness (QED) is 0.469. The van der Waals surface area contributed by atoms with E-state index in [0.717, 1.165) is 0 Å². The van der Waals surface area contributed by atoms with Gasteiger partial charge in [0.15, 0.2) is 8.32 Å². The fourth-order valence-corrected chi connectivity index (χ4v) is 2.21. The van der Waals surface area contributed by atoms with Crippen LogP contribution in [0.4, 0.5) is 5.69 Å². The smallest absolute Gasteiger partial charge is 0.306 e. The van der Waals surface area contributed by atoms with E-state index in [9.17, 15) is 10.1 Å². The summed E-state index contributed by atoms with van der Waals surface area (Å²) in [4.78, 5) is 10.1. The molecule has 6 nitrogen and oxygen atoms in total. The molecule has 0 aliphatic heterocycles. The van der Waals surface area contributed by atoms with Crippen LogP contribution < -0.4 is 0 Å². The third-order valence-corrected chi connectivity index (χ3v) is 7.96. The van der Waals surface area contributed by atoms with Crippen LogP contribution in [0.5, 0.6) is 0 Å². The van der Waals surface area contributed by atoms with Crippen molar-refractivity contribution in [3.63, 3.8) is 0 Å². The zero-order valence-corrected chi connectivity index (χ0v) is 12.6. The molecule has 1 heterocycles. The zero-order valence-electron chi connectivity index (χ0n) is 11.6. The summed E-state index contributed by atoms with van der Waals surface area (Å²) in [5.74, 6) is 0. The van der Waals surface area contributed by atoms with Gasteiger partial charge in [-0.05, 0) is 18.1 Å². The molecule has 0 aromatic carbocycles. The molecule has 0 radical (unpaired) electrons. The number of hydrogen-bond acceptors (Lipinski definition) is 4. The molecule has 0 amide bonds. The van der Waals surface area contributed by atoms with Crippen molar-refractivity contribution in [3.8, 4) is 0 Å². The molecule has 0 spiro atoms. The highest BCUT2D eigenvalue weighted by molar-refractivity contribution is 6.74. The monoisotopic (exact) mass is 271 g/mol. The minimum Gasteiger partial charge on any atom is -0.415 e. The third kappa shape index (κ3) is 3.64. The van der Waals surface area contributed by atoms with Crippen molar-refractivity contribution in [2.75, 3.05) is 6.61 Å². The predicted molar refractivity (Wildman–Crippen MR) is 72.0 cm³/mol. The molecule has 102 valence electrons. The lowest BCUT2D eigenvalue weighted by atomic mass is 10.2. The molecule has 0 aliphatic rings. The van der Waals surface area contributed by atoms with Crippen molar-refractivity contribution in [1.29, 1.82) is 0 Å². The van der Waals surface area contributed by atoms with Crippen molar-refractivity contribution in [1.82, 2.24) is 9.78 Å². The number of aromatic nitrogens is 2. The van der Waals surface area contributed by atoms with E-state index in [0.29, 0.717) is 13.2 Å². The molecule has 0 bridgehead atoms. The average molecular weight is 271 g/mol. The summed E-state index contributed by atoms with van der Waals surface area (Å²) in [6.07, 6.45) is 2.68. The number of rotatable bonds is 5. The van der Waals surface area contributed by atoms with E-state index >= 15 is 0 Å². The van der Waals surface area contributed by atoms with Crippen LogP contribution >= 0.6 is 0 Å². The van der Waals surface area contributed by atoms with Gasteiger partial charge in [0.25, 0.3) is 0 Å². The van der Waals surface area contributed by atoms with Crippen molar-refractivity contribution in [2.24, 2.45) is 0 Å². The molecular formula is C11H21N3O3Si. The Balaban J connectivity index is 2.49. The van der Waals surface area contributed by atoms with Gasteiger partial charge in [-0.15, -0.1) is 0 Å². The van der Waals surface area contributed by atoms with Gasteiger partial charge in [-0.3, -0.25) is 14.8 Å². The van der Waals surface area contributed by atoms with E-state index in [-0.39, 0.29) is 10.7 Å². The Morgan fingerprint density at radius 2 is 2.11 bits per heavy atom. The van der Waals surface area contributed by atoms with E-state index in [1.807, 2.05) is 0 Å². The van der Waals surface area contributed by atoms with Crippen LogP contribution in [0.3, 0.4) is 0 Å². The van der Waals surface area contributed by atoms with Gasteiger partial charge in [0.2, 0.25) is 0 Å². The summed E-state index contributed by atoms with van der Waals surface area (Å²) >= 11 is 0. The molecular weight excluding hydrogens is 250 g/mol. The summed E-state index contributed by atoms with van der Waals surface area (Å²) in [5.41, 5.74) is 0.0160. The lowest BCUT2D eigenvalue weighted by molar-refractivity contribution is -0.385. The Bertz CT molecular complexity index is 423. The first-order valence-corrected chi connectivity index (χ1v) is 8.85. The molecule has 1 rings (SSSR count). The van der Waals surface area contributed by atoms with Crippen LogP contribution in [-0.2, 0) is 11.0 Å². The summed E-state index contributed by atoms with van der Waals surface area (Å²) in [5, 5.41) is 14.6. The molecule has 1 aromatic heterocycles. The number of nitro groups is 1. The highest BCUT2D eigenvalue weighted by Crippen LogP contribution is 2.36. The first-order valence-electron chi connectivity index (χ1n) is 5.94. The maximum atomic E-state index is 10.5. The average Bonchev–Trinajstić information content (AvgIpc) is 2.64. The second kappa shape index (κ2) is 5.19. The maximum Gasteiger partial charge on any atom is 0.306 e. The lowest BCUT2D eigenvalue weighted by Crippen LogP contribution is -2.41. The summed E-state index contributed by atoms with van der Waals surface area (Å²) < 4.78 is 7.52. The molecule has 0 atom stereocenters. The Labute approximate surface area is 108 Å². The SMILES string of the molecule is CC(C)(C)[Si](C)(C)OCCn1cc([N+](=O)[O-])cn1. The Hall–Kier alpha value is -1.21. The van der Waals surface area contributed by atoms with E-state index < -0.39 is 13.2 Å². The summed E-state index contributed by atoms with van der Waals surface area (Å²) in [7, 11) is -1.75. The lowest BCUT2D eigenvalue weighted by Gasteiger charge is -2.36. The molecule has 0 N–H and O–H groups in total. The van der Waals surface area contributed by atoms with E-state index in [4.69, 9.17) is 4.43 Å². The van der Waals surface area contributed by atoms with Gasteiger partial charge in [-0.25, -0.2) is 0 Å². The highest BCUT2D eigenvalue weighted by Gasteiger charge is 2.36. The van der Waals surface area contributed by atoms with Gasteiger partial charge in [0.05, 0.1) is 18.1 Å². The Morgan fingerprint density at radius 1 is 1.50 bits per heavy atom. The normalized spacial score (nSPS) is 12.7. The minimum atomic E-state index is -1.75. The molecule has 0 saturated carbocycles. The van der Waals surface area contributed by atoms with Crippen LogP contribution in [-0.4, -0.2) is 29.6 Å². The second-order valence-electron chi connectivity index (χ2n) is 5.83. The molecule has 0 fully saturated rings. The molecule has 0 unspecified atom stereocenters. The van der Waals surface area contributed by atoms with E-state index in [2.05, 4.69) is 39.0 Å². The fourth-order valence-electron chi connectivity index (χ4n) is 1.18. The van der Waals surface area contributed by atoms with Crippen molar-refractivity contribution in [2.45, 2.75) is 45.4 Å². The van der Waals surface area contributed by atoms with Gasteiger partial charge < -0.3 is 4.43 Å². The molecule has 0 aliphatic carbocycles. The molecule has 18 heavy (non-hydrogen) atoms. The highest BCUT2D eigenvalue weighted by atomic mass is 28.4. The molecule has 7 heteroatoms. The largest absolute Gasteiger partial charge is 0.415 e. The van der Waals surface area contributed by atoms with E-state index in [1.54, 1.807) is 4.68 Å². The number of nitrogens with zero attached hydrogens (tertiary/aromatic N) is 3. The zero-order chi connectivity index (χ0) is 14.0. The van der Waals surface area contributed by atoms with Crippen molar-refractivity contribution in [3.05, 3.63) is 22.5 Å². The van der Waals surface area contributed by atoms with Gasteiger partial charge >= 0.3 is 5.69 Å². The minimum absolute atomic E-state index is 0.0160. The van der Waals surface area contributed by atoms with Crippen molar-refractivity contribution >= 4 is 14.0 Å². The van der Waals surface area contributed by atoms with Crippen molar-refractivity contribution < 1.29 is 9.35 Å². The Morgan fingerprint density at radius 3 is 2.56 bits per heavy atom. The van der Waals surface area contributed by atoms with Crippen LogP contribution in [0.25, 0.3) is 0 Å². The Kier molecular flexibility index (Phi) is 4.28. The second-order valence-corrected chi connectivity index (χ2v) is 10.6. The molecule has 1 aromatic rings. The van der Waals surface area contributed by atoms with Crippen LogP contribution in [0.2, 0.25) is 18.1 Å². The number of hydrogen-bond donors (Lipinski definition) is 0. The third-order valence-electron chi connectivity index (χ3n) is 3.42. The van der Waals surface area contributed by atoms with Gasteiger partial charge in [0.1, 0.15) is 12.4 Å². The van der Waals surface area contributed by atoms with Gasteiger partial charge in [0, 0.05) is 0 Å². The van der Waals surface area contributed by atoms with Gasteiger partial charge in [-0.1, -0.05) is 20.8 Å². The van der Waals surface area contributed by atoms with E-state index in [1.165, 1.54) is 12.4 Å². The standard InChI is InChI=1S/C11H21N3O3Si/c1-11(2,3)18(4,5)17-7-6-13-9-10(8-12-13)14(15)16/h8-9H,6-7H2,1-5H3. The maximum absolute atomic E-state index is 10.5. The van der Waals surface area contributed by atoms with Crippen LogP contribution in [0.1, 0.15) is 20.8 Å². The topological polar surface area (TPSA) is 70.2 Å².